The second-order valence-electron chi connectivity index (χ2n) is 10.8. The van der Waals surface area contributed by atoms with Gasteiger partial charge in [0, 0.05) is 11.8 Å². The number of aromatic nitrogens is 2. The van der Waals surface area contributed by atoms with E-state index in [1.54, 1.807) is 0 Å². The molecule has 2 aliphatic carbocycles. The summed E-state index contributed by atoms with van der Waals surface area (Å²) in [6.45, 7) is 4.44. The minimum atomic E-state index is -0.813. The number of rotatable bonds is 5. The lowest BCUT2D eigenvalue weighted by Crippen LogP contribution is -2.13. The van der Waals surface area contributed by atoms with Crippen molar-refractivity contribution in [3.8, 4) is 23.7 Å². The molecule has 0 atom stereocenters. The van der Waals surface area contributed by atoms with E-state index in [0.29, 0.717) is 11.8 Å². The Balaban J connectivity index is 0.000000216. The highest BCUT2D eigenvalue weighted by Gasteiger charge is 2.20. The molecule has 0 radical (unpaired) electrons. The maximum atomic E-state index is 13.4. The summed E-state index contributed by atoms with van der Waals surface area (Å²) in [5.74, 6) is 11.0. The standard InChI is InChI=1S/C17H21F2N.C16H19F2N/c1-2-3-4-13-5-7-14(8-6-13)9-10-15-11-12-16(18)20-17(15)19;1-2-3-12-4-6-13(7-5-12)8-9-14-10-11-15(17)19-16(14)18/h11-14H,2-8H2,1H3;10-13H,2-7H2,1H3/t13-,14-;12-,13-. The Morgan fingerprint density at radius 2 is 1.05 bits per heavy atom. The fourth-order valence-electron chi connectivity index (χ4n) is 5.46. The Hall–Kier alpha value is -2.86. The van der Waals surface area contributed by atoms with Gasteiger partial charge in [-0.05, 0) is 87.5 Å². The predicted molar refractivity (Wildman–Crippen MR) is 147 cm³/mol. The topological polar surface area (TPSA) is 25.8 Å². The van der Waals surface area contributed by atoms with Crippen LogP contribution >= 0.6 is 0 Å². The predicted octanol–water partition coefficient (Wildman–Crippen LogP) is 9.03. The summed E-state index contributed by atoms with van der Waals surface area (Å²) in [4.78, 5) is 6.29. The van der Waals surface area contributed by atoms with E-state index >= 15 is 0 Å². The fourth-order valence-corrected chi connectivity index (χ4v) is 5.46. The average Bonchev–Trinajstić information content (AvgIpc) is 2.93. The molecular weight excluding hydrogens is 500 g/mol. The molecule has 2 aromatic heterocycles. The third kappa shape index (κ3) is 10.7. The number of halogens is 4. The van der Waals surface area contributed by atoms with Gasteiger partial charge in [0.15, 0.2) is 0 Å². The van der Waals surface area contributed by atoms with Gasteiger partial charge in [0.1, 0.15) is 0 Å². The van der Waals surface area contributed by atoms with Gasteiger partial charge in [-0.15, -0.1) is 0 Å². The quantitative estimate of drug-likeness (QED) is 0.215. The van der Waals surface area contributed by atoms with E-state index in [9.17, 15) is 17.6 Å². The minimum absolute atomic E-state index is 0.192. The monoisotopic (exact) mass is 540 g/mol. The summed E-state index contributed by atoms with van der Waals surface area (Å²) >= 11 is 0. The first-order chi connectivity index (χ1) is 18.9. The van der Waals surface area contributed by atoms with Crippen LogP contribution in [0.25, 0.3) is 0 Å². The zero-order valence-corrected chi connectivity index (χ0v) is 23.2. The number of pyridine rings is 2. The van der Waals surface area contributed by atoms with Crippen molar-refractivity contribution in [2.24, 2.45) is 23.7 Å². The molecule has 2 aromatic rings. The zero-order chi connectivity index (χ0) is 28.0. The zero-order valence-electron chi connectivity index (χ0n) is 23.2. The molecule has 2 heterocycles. The molecule has 0 saturated heterocycles. The first kappa shape index (κ1) is 30.7. The number of nitrogens with zero attached hydrogens (tertiary/aromatic N) is 2. The largest absolute Gasteiger partial charge is 0.231 e. The van der Waals surface area contributed by atoms with E-state index in [4.69, 9.17) is 0 Å². The Morgan fingerprint density at radius 1 is 0.615 bits per heavy atom. The summed E-state index contributed by atoms with van der Waals surface area (Å²) in [6, 6.07) is 5.00. The van der Waals surface area contributed by atoms with Gasteiger partial charge in [-0.3, -0.25) is 0 Å². The average molecular weight is 541 g/mol. The van der Waals surface area contributed by atoms with Crippen LogP contribution in [0.1, 0.15) is 108 Å². The van der Waals surface area contributed by atoms with Gasteiger partial charge in [0.2, 0.25) is 23.8 Å². The molecule has 2 saturated carbocycles. The second-order valence-corrected chi connectivity index (χ2v) is 10.8. The molecule has 2 aliphatic rings. The highest BCUT2D eigenvalue weighted by Crippen LogP contribution is 2.32. The molecule has 0 bridgehead atoms. The van der Waals surface area contributed by atoms with Crippen molar-refractivity contribution in [3.63, 3.8) is 0 Å². The van der Waals surface area contributed by atoms with E-state index in [1.807, 2.05) is 0 Å². The summed E-state index contributed by atoms with van der Waals surface area (Å²) in [5, 5.41) is 0. The van der Waals surface area contributed by atoms with Crippen molar-refractivity contribution in [2.75, 3.05) is 0 Å². The first-order valence-corrected chi connectivity index (χ1v) is 14.5. The van der Waals surface area contributed by atoms with E-state index < -0.39 is 23.8 Å². The van der Waals surface area contributed by atoms with Crippen molar-refractivity contribution in [1.29, 1.82) is 0 Å². The number of hydrogen-bond acceptors (Lipinski definition) is 2. The minimum Gasteiger partial charge on any atom is -0.189 e. The molecule has 0 aliphatic heterocycles. The lowest BCUT2D eigenvalue weighted by molar-refractivity contribution is 0.296. The van der Waals surface area contributed by atoms with Crippen LogP contribution in [0.4, 0.5) is 17.6 Å². The van der Waals surface area contributed by atoms with E-state index in [0.717, 1.165) is 49.7 Å². The van der Waals surface area contributed by atoms with Gasteiger partial charge >= 0.3 is 0 Å². The van der Waals surface area contributed by atoms with Gasteiger partial charge < -0.3 is 0 Å². The van der Waals surface area contributed by atoms with Gasteiger partial charge in [-0.25, -0.2) is 0 Å². The van der Waals surface area contributed by atoms with E-state index in [-0.39, 0.29) is 11.1 Å². The summed E-state index contributed by atoms with van der Waals surface area (Å²) in [6.07, 6.45) is 15.7. The van der Waals surface area contributed by atoms with Crippen LogP contribution in [0.15, 0.2) is 24.3 Å². The van der Waals surface area contributed by atoms with Gasteiger partial charge in [0.05, 0.1) is 11.1 Å². The molecule has 39 heavy (non-hydrogen) atoms. The van der Waals surface area contributed by atoms with Crippen LogP contribution in [-0.2, 0) is 0 Å². The Morgan fingerprint density at radius 3 is 1.44 bits per heavy atom. The molecule has 4 rings (SSSR count). The molecule has 210 valence electrons. The molecule has 2 fully saturated rings. The molecular formula is C33H40F4N2. The third-order valence-corrected chi connectivity index (χ3v) is 7.81. The lowest BCUT2D eigenvalue weighted by Gasteiger charge is -2.25. The highest BCUT2D eigenvalue weighted by molar-refractivity contribution is 5.34. The van der Waals surface area contributed by atoms with Crippen molar-refractivity contribution >= 4 is 0 Å². The molecule has 2 nitrogen and oxygen atoms in total. The first-order valence-electron chi connectivity index (χ1n) is 14.5. The molecule has 0 N–H and O–H groups in total. The van der Waals surface area contributed by atoms with Gasteiger partial charge in [0.25, 0.3) is 0 Å². The van der Waals surface area contributed by atoms with Crippen LogP contribution in [0, 0.1) is 71.1 Å². The lowest BCUT2D eigenvalue weighted by atomic mass is 9.80. The number of hydrogen-bond donors (Lipinski definition) is 0. The third-order valence-electron chi connectivity index (χ3n) is 7.81. The maximum Gasteiger partial charge on any atom is 0.231 e. The highest BCUT2D eigenvalue weighted by atomic mass is 19.1. The van der Waals surface area contributed by atoms with Crippen LogP contribution < -0.4 is 0 Å². The Bertz CT molecular complexity index is 1160. The molecule has 0 amide bonds. The van der Waals surface area contributed by atoms with Crippen LogP contribution in [0.3, 0.4) is 0 Å². The summed E-state index contributed by atoms with van der Waals surface area (Å²) in [5.41, 5.74) is 0.386. The molecule has 0 aromatic carbocycles. The van der Waals surface area contributed by atoms with E-state index in [1.165, 1.54) is 69.9 Å². The smallest absolute Gasteiger partial charge is 0.189 e. The van der Waals surface area contributed by atoms with Crippen molar-refractivity contribution in [2.45, 2.75) is 97.3 Å². The van der Waals surface area contributed by atoms with Crippen molar-refractivity contribution in [3.05, 3.63) is 59.2 Å². The summed E-state index contributed by atoms with van der Waals surface area (Å²) in [7, 11) is 0. The normalized spacial score (nSPS) is 22.4. The van der Waals surface area contributed by atoms with Crippen LogP contribution in [-0.4, -0.2) is 9.97 Å². The SMILES string of the molecule is CCCC[C@H]1CC[C@H](C#Cc2ccc(F)nc2F)CC1.CCC[C@H]1CC[C@H](C#Cc2ccc(F)nc2F)CC1. The van der Waals surface area contributed by atoms with Crippen LogP contribution in [0.5, 0.6) is 0 Å². The fraction of sp³-hybridized carbons (Fsp3) is 0.576. The Labute approximate surface area is 231 Å². The van der Waals surface area contributed by atoms with Crippen molar-refractivity contribution < 1.29 is 17.6 Å². The van der Waals surface area contributed by atoms with Gasteiger partial charge in [-0.2, -0.15) is 27.5 Å². The van der Waals surface area contributed by atoms with E-state index in [2.05, 4.69) is 47.5 Å². The molecule has 0 unspecified atom stereocenters. The van der Waals surface area contributed by atoms with Crippen molar-refractivity contribution in [1.82, 2.24) is 9.97 Å². The Kier molecular flexibility index (Phi) is 12.8. The molecule has 6 heteroatoms. The molecule has 0 spiro atoms. The van der Waals surface area contributed by atoms with Gasteiger partial charge in [-0.1, -0.05) is 69.6 Å². The maximum absolute atomic E-state index is 13.4. The second kappa shape index (κ2) is 16.3. The number of unbranched alkanes of at least 4 members (excludes halogenated alkanes) is 1. The van der Waals surface area contributed by atoms with Crippen LogP contribution in [0.2, 0.25) is 0 Å². The summed E-state index contributed by atoms with van der Waals surface area (Å²) < 4.78 is 52.0.